The molecular formula is C18H37NO2. The van der Waals surface area contributed by atoms with Gasteiger partial charge in [-0.3, -0.25) is 0 Å². The lowest BCUT2D eigenvalue weighted by atomic mass is 9.85. The van der Waals surface area contributed by atoms with Crippen molar-refractivity contribution in [1.29, 1.82) is 0 Å². The zero-order valence-electron chi connectivity index (χ0n) is 14.8. The summed E-state index contributed by atoms with van der Waals surface area (Å²) in [6.07, 6.45) is 4.89. The number of aliphatic hydroxyl groups is 1. The highest BCUT2D eigenvalue weighted by Crippen LogP contribution is 2.25. The van der Waals surface area contributed by atoms with Crippen molar-refractivity contribution in [3.8, 4) is 0 Å². The third kappa shape index (κ3) is 7.62. The number of rotatable bonds is 9. The van der Waals surface area contributed by atoms with E-state index < -0.39 is 0 Å². The van der Waals surface area contributed by atoms with Crippen LogP contribution in [-0.2, 0) is 4.74 Å². The minimum Gasteiger partial charge on any atom is -0.389 e. The zero-order chi connectivity index (χ0) is 15.8. The Morgan fingerprint density at radius 1 is 1.10 bits per heavy atom. The van der Waals surface area contributed by atoms with Gasteiger partial charge in [0.05, 0.1) is 18.8 Å². The van der Waals surface area contributed by atoms with Crippen LogP contribution in [0.4, 0.5) is 0 Å². The van der Waals surface area contributed by atoms with Gasteiger partial charge in [-0.1, -0.05) is 47.5 Å². The van der Waals surface area contributed by atoms with Gasteiger partial charge in [0.15, 0.2) is 0 Å². The van der Waals surface area contributed by atoms with Crippen molar-refractivity contribution >= 4 is 0 Å². The topological polar surface area (TPSA) is 41.5 Å². The van der Waals surface area contributed by atoms with Gasteiger partial charge in [-0.25, -0.2) is 0 Å². The Labute approximate surface area is 131 Å². The fourth-order valence-corrected chi connectivity index (χ4v) is 3.49. The predicted molar refractivity (Wildman–Crippen MR) is 89.4 cm³/mol. The molecule has 0 radical (unpaired) electrons. The average Bonchev–Trinajstić information content (AvgIpc) is 2.40. The van der Waals surface area contributed by atoms with Crippen molar-refractivity contribution in [2.75, 3.05) is 19.7 Å². The Hall–Kier alpha value is -0.120. The Morgan fingerprint density at radius 2 is 1.76 bits per heavy atom. The Kier molecular flexibility index (Phi) is 8.84. The smallest absolute Gasteiger partial charge is 0.0897 e. The highest BCUT2D eigenvalue weighted by Gasteiger charge is 2.21. The molecule has 1 saturated carbocycles. The third-order valence-corrected chi connectivity index (χ3v) is 4.89. The van der Waals surface area contributed by atoms with Crippen molar-refractivity contribution in [2.45, 2.75) is 72.5 Å². The van der Waals surface area contributed by atoms with Gasteiger partial charge in [0, 0.05) is 6.54 Å². The van der Waals surface area contributed by atoms with Gasteiger partial charge in [0.2, 0.25) is 0 Å². The molecule has 0 saturated heterocycles. The molecule has 0 aliphatic heterocycles. The first-order valence-corrected chi connectivity index (χ1v) is 8.90. The Morgan fingerprint density at radius 3 is 2.33 bits per heavy atom. The first-order chi connectivity index (χ1) is 9.90. The minimum atomic E-state index is -0.387. The van der Waals surface area contributed by atoms with Crippen LogP contribution in [0, 0.1) is 23.7 Å². The van der Waals surface area contributed by atoms with Crippen molar-refractivity contribution < 1.29 is 9.84 Å². The van der Waals surface area contributed by atoms with E-state index in [4.69, 9.17) is 4.74 Å². The van der Waals surface area contributed by atoms with Crippen LogP contribution in [0.25, 0.3) is 0 Å². The number of hydrogen-bond donors (Lipinski definition) is 2. The van der Waals surface area contributed by atoms with E-state index in [2.05, 4.69) is 39.9 Å². The van der Waals surface area contributed by atoms with Crippen LogP contribution in [0.3, 0.4) is 0 Å². The maximum absolute atomic E-state index is 10.0. The molecule has 0 aromatic rings. The first kappa shape index (κ1) is 18.9. The first-order valence-electron chi connectivity index (χ1n) is 8.90. The van der Waals surface area contributed by atoms with Crippen molar-refractivity contribution in [3.63, 3.8) is 0 Å². The molecule has 1 aliphatic carbocycles. The molecule has 21 heavy (non-hydrogen) atoms. The molecule has 1 fully saturated rings. The van der Waals surface area contributed by atoms with E-state index in [1.165, 1.54) is 12.8 Å². The lowest BCUT2D eigenvalue weighted by Crippen LogP contribution is -2.37. The van der Waals surface area contributed by atoms with Gasteiger partial charge in [0.25, 0.3) is 0 Å². The lowest BCUT2D eigenvalue weighted by molar-refractivity contribution is -0.0309. The second-order valence-corrected chi connectivity index (χ2v) is 7.69. The van der Waals surface area contributed by atoms with Crippen LogP contribution in [-0.4, -0.2) is 37.0 Å². The van der Waals surface area contributed by atoms with Crippen LogP contribution in [0.1, 0.15) is 60.3 Å². The maximum atomic E-state index is 10.0. The monoisotopic (exact) mass is 299 g/mol. The van der Waals surface area contributed by atoms with Gasteiger partial charge in [0.1, 0.15) is 0 Å². The molecule has 0 amide bonds. The second-order valence-electron chi connectivity index (χ2n) is 7.69. The summed E-state index contributed by atoms with van der Waals surface area (Å²) in [5.74, 6) is 2.79. The molecule has 0 aromatic carbocycles. The van der Waals surface area contributed by atoms with Crippen LogP contribution in [0.5, 0.6) is 0 Å². The van der Waals surface area contributed by atoms with Crippen LogP contribution in [0.15, 0.2) is 0 Å². The van der Waals surface area contributed by atoms with E-state index in [0.717, 1.165) is 25.3 Å². The van der Waals surface area contributed by atoms with E-state index in [0.29, 0.717) is 37.0 Å². The molecule has 3 nitrogen and oxygen atoms in total. The molecule has 1 rings (SSSR count). The summed E-state index contributed by atoms with van der Waals surface area (Å²) in [7, 11) is 0. The molecule has 0 bridgehead atoms. The maximum Gasteiger partial charge on any atom is 0.0897 e. The van der Waals surface area contributed by atoms with Gasteiger partial charge < -0.3 is 15.2 Å². The minimum absolute atomic E-state index is 0.363. The lowest BCUT2D eigenvalue weighted by Gasteiger charge is -2.28. The largest absolute Gasteiger partial charge is 0.389 e. The van der Waals surface area contributed by atoms with E-state index >= 15 is 0 Å². The van der Waals surface area contributed by atoms with Crippen LogP contribution < -0.4 is 5.32 Å². The Bertz CT molecular complexity index is 260. The molecule has 0 aromatic heterocycles. The fourth-order valence-electron chi connectivity index (χ4n) is 3.49. The molecule has 2 N–H and O–H groups in total. The van der Waals surface area contributed by atoms with E-state index in [1.54, 1.807) is 0 Å². The number of hydrogen-bond acceptors (Lipinski definition) is 3. The zero-order valence-corrected chi connectivity index (χ0v) is 14.8. The molecule has 0 heterocycles. The van der Waals surface area contributed by atoms with E-state index in [-0.39, 0.29) is 6.10 Å². The van der Waals surface area contributed by atoms with Crippen LogP contribution in [0.2, 0.25) is 0 Å². The van der Waals surface area contributed by atoms with Crippen molar-refractivity contribution in [3.05, 3.63) is 0 Å². The van der Waals surface area contributed by atoms with E-state index in [1.807, 2.05) is 0 Å². The average molecular weight is 299 g/mol. The predicted octanol–water partition coefficient (Wildman–Crippen LogP) is 3.46. The molecule has 3 heteroatoms. The van der Waals surface area contributed by atoms with Gasteiger partial charge in [-0.05, 0) is 43.1 Å². The van der Waals surface area contributed by atoms with Crippen molar-refractivity contribution in [1.82, 2.24) is 5.32 Å². The molecular weight excluding hydrogens is 262 g/mol. The quantitative estimate of drug-likeness (QED) is 0.685. The SMILES string of the molecule is CC1CCCC(OCC(O)CNCC(C(C)C)C(C)C)C1. The van der Waals surface area contributed by atoms with Crippen LogP contribution >= 0.6 is 0 Å². The normalized spacial score (nSPS) is 25.0. The number of nitrogens with one attached hydrogen (secondary N) is 1. The summed E-state index contributed by atoms with van der Waals surface area (Å²) >= 11 is 0. The molecule has 1 aliphatic rings. The highest BCUT2D eigenvalue weighted by molar-refractivity contribution is 4.73. The summed E-state index contributed by atoms with van der Waals surface area (Å²) in [5, 5.41) is 13.5. The standard InChI is InChI=1S/C18H37NO2/c1-13(2)18(14(3)4)11-19-10-16(20)12-21-17-8-6-7-15(5)9-17/h13-20H,6-12H2,1-5H3. The highest BCUT2D eigenvalue weighted by atomic mass is 16.5. The molecule has 3 unspecified atom stereocenters. The third-order valence-electron chi connectivity index (χ3n) is 4.89. The van der Waals surface area contributed by atoms with Crippen molar-refractivity contribution in [2.24, 2.45) is 23.7 Å². The van der Waals surface area contributed by atoms with Gasteiger partial charge >= 0.3 is 0 Å². The summed E-state index contributed by atoms with van der Waals surface area (Å²) in [5.41, 5.74) is 0. The molecule has 126 valence electrons. The van der Waals surface area contributed by atoms with E-state index in [9.17, 15) is 5.11 Å². The summed E-state index contributed by atoms with van der Waals surface area (Å²) in [6.45, 7) is 13.5. The Balaban J connectivity index is 2.14. The molecule has 0 spiro atoms. The van der Waals surface area contributed by atoms with Gasteiger partial charge in [-0.15, -0.1) is 0 Å². The fraction of sp³-hybridized carbons (Fsp3) is 1.00. The molecule has 3 atom stereocenters. The summed E-state index contributed by atoms with van der Waals surface area (Å²) < 4.78 is 5.88. The second kappa shape index (κ2) is 9.81. The summed E-state index contributed by atoms with van der Waals surface area (Å²) in [6, 6.07) is 0. The number of ether oxygens (including phenoxy) is 1. The number of aliphatic hydroxyl groups excluding tert-OH is 1. The summed E-state index contributed by atoms with van der Waals surface area (Å²) in [4.78, 5) is 0. The van der Waals surface area contributed by atoms with Gasteiger partial charge in [-0.2, -0.15) is 0 Å².